The van der Waals surface area contributed by atoms with E-state index in [1.54, 1.807) is 12.1 Å². The van der Waals surface area contributed by atoms with Crippen LogP contribution in [0.25, 0.3) is 0 Å². The lowest BCUT2D eigenvalue weighted by atomic mass is 9.71. The van der Waals surface area contributed by atoms with Crippen LogP contribution >= 0.6 is 11.6 Å². The maximum absolute atomic E-state index is 13.2. The Labute approximate surface area is 265 Å². The molecule has 0 spiro atoms. The second-order valence-electron chi connectivity index (χ2n) is 11.8. The number of likely N-dealkylation sites (tertiary alicyclic amines) is 1. The molecule has 1 heterocycles. The molecule has 1 aliphatic rings. The molecule has 0 atom stereocenters. The number of hydrogen-bond acceptors (Lipinski definition) is 3. The van der Waals surface area contributed by atoms with E-state index >= 15 is 0 Å². The third kappa shape index (κ3) is 8.06. The number of halogens is 2. The van der Waals surface area contributed by atoms with Crippen molar-refractivity contribution in [2.45, 2.75) is 43.1 Å². The summed E-state index contributed by atoms with van der Waals surface area (Å²) in [6.07, 6.45) is 3.75. The Morgan fingerprint density at radius 3 is 2.02 bits per heavy atom. The molecule has 2 amide bonds. The molecule has 4 aromatic carbocycles. The fourth-order valence-electron chi connectivity index (χ4n) is 6.33. The van der Waals surface area contributed by atoms with Gasteiger partial charge in [0.25, 0.3) is 0 Å². The summed E-state index contributed by atoms with van der Waals surface area (Å²) in [5.74, 6) is -0.266. The molecule has 230 valence electrons. The molecule has 0 bridgehead atoms. The van der Waals surface area contributed by atoms with Crippen LogP contribution in [-0.2, 0) is 17.4 Å². The van der Waals surface area contributed by atoms with Crippen LogP contribution < -0.4 is 10.6 Å². The van der Waals surface area contributed by atoms with E-state index in [1.165, 1.54) is 12.1 Å². The van der Waals surface area contributed by atoms with Crippen molar-refractivity contribution in [3.8, 4) is 0 Å². The van der Waals surface area contributed by atoms with Crippen LogP contribution in [0.4, 0.5) is 9.18 Å². The maximum Gasteiger partial charge on any atom is 0.314 e. The summed E-state index contributed by atoms with van der Waals surface area (Å²) in [5.41, 5.74) is 2.97. The van der Waals surface area contributed by atoms with Crippen molar-refractivity contribution in [2.24, 2.45) is 0 Å². The summed E-state index contributed by atoms with van der Waals surface area (Å²) in [6.45, 7) is 3.44. The van der Waals surface area contributed by atoms with Gasteiger partial charge in [-0.1, -0.05) is 96.5 Å². The first kappa shape index (κ1) is 31.7. The zero-order valence-electron chi connectivity index (χ0n) is 25.0. The van der Waals surface area contributed by atoms with Crippen LogP contribution in [0.2, 0.25) is 5.02 Å². The zero-order valence-corrected chi connectivity index (χ0v) is 25.8. The lowest BCUT2D eigenvalue weighted by Gasteiger charge is -2.40. The first-order valence-corrected chi connectivity index (χ1v) is 15.8. The summed E-state index contributed by atoms with van der Waals surface area (Å²) in [7, 11) is 0. The van der Waals surface area contributed by atoms with Crippen molar-refractivity contribution in [2.75, 3.05) is 32.7 Å². The van der Waals surface area contributed by atoms with Crippen LogP contribution in [0.1, 0.15) is 47.9 Å². The molecule has 4 aromatic rings. The summed E-state index contributed by atoms with van der Waals surface area (Å²) in [5, 5.41) is 18.1. The van der Waals surface area contributed by atoms with Crippen molar-refractivity contribution in [1.29, 1.82) is 0 Å². The Morgan fingerprint density at radius 1 is 0.841 bits per heavy atom. The molecular weight excluding hydrogens is 573 g/mol. The average molecular weight is 614 g/mol. The predicted molar refractivity (Wildman–Crippen MR) is 175 cm³/mol. The van der Waals surface area contributed by atoms with Gasteiger partial charge in [0.05, 0.1) is 5.60 Å². The van der Waals surface area contributed by atoms with Crippen LogP contribution in [-0.4, -0.2) is 48.8 Å². The van der Waals surface area contributed by atoms with E-state index in [-0.39, 0.29) is 11.8 Å². The lowest BCUT2D eigenvalue weighted by Crippen LogP contribution is -2.46. The van der Waals surface area contributed by atoms with E-state index < -0.39 is 11.0 Å². The van der Waals surface area contributed by atoms with Crippen LogP contribution in [0, 0.1) is 5.82 Å². The van der Waals surface area contributed by atoms with Crippen molar-refractivity contribution in [1.82, 2.24) is 15.5 Å². The normalized spacial score (nSPS) is 15.1. The number of aliphatic hydroxyl groups is 1. The Morgan fingerprint density at radius 2 is 1.43 bits per heavy atom. The van der Waals surface area contributed by atoms with Gasteiger partial charge in [0.15, 0.2) is 0 Å². The number of urea groups is 1. The fraction of sp³-hybridized carbons (Fsp3) is 0.324. The van der Waals surface area contributed by atoms with Gasteiger partial charge in [-0.05, 0) is 85.2 Å². The van der Waals surface area contributed by atoms with E-state index in [0.717, 1.165) is 54.7 Å². The molecule has 5 rings (SSSR count). The fourth-order valence-corrected chi connectivity index (χ4v) is 6.45. The van der Waals surface area contributed by atoms with E-state index in [9.17, 15) is 14.3 Å². The highest BCUT2D eigenvalue weighted by molar-refractivity contribution is 6.30. The third-order valence-electron chi connectivity index (χ3n) is 8.96. The number of nitrogens with zero attached hydrogens (tertiary/aromatic N) is 1. The van der Waals surface area contributed by atoms with E-state index in [0.29, 0.717) is 37.4 Å². The second kappa shape index (κ2) is 14.8. The number of carbonyl (C=O) groups is 1. The van der Waals surface area contributed by atoms with E-state index in [2.05, 4.69) is 64.1 Å². The average Bonchev–Trinajstić information content (AvgIpc) is 3.06. The monoisotopic (exact) mass is 613 g/mol. The highest BCUT2D eigenvalue weighted by Crippen LogP contribution is 2.38. The Kier molecular flexibility index (Phi) is 10.7. The molecule has 0 unspecified atom stereocenters. The molecule has 5 nitrogen and oxygen atoms in total. The van der Waals surface area contributed by atoms with Crippen molar-refractivity contribution >= 4 is 17.6 Å². The molecule has 0 radical (unpaired) electrons. The van der Waals surface area contributed by atoms with Crippen molar-refractivity contribution in [3.05, 3.63) is 142 Å². The Bertz CT molecular complexity index is 1420. The Balaban J connectivity index is 1.24. The minimum Gasteiger partial charge on any atom is -0.385 e. The van der Waals surface area contributed by atoms with E-state index in [4.69, 9.17) is 11.6 Å². The number of amides is 2. The molecule has 0 saturated carbocycles. The minimum absolute atomic E-state index is 0.221. The molecule has 44 heavy (non-hydrogen) atoms. The number of piperidine rings is 1. The Hall–Kier alpha value is -3.71. The van der Waals surface area contributed by atoms with Gasteiger partial charge < -0.3 is 20.6 Å². The van der Waals surface area contributed by atoms with Gasteiger partial charge in [-0.3, -0.25) is 0 Å². The highest BCUT2D eigenvalue weighted by atomic mass is 35.5. The topological polar surface area (TPSA) is 64.6 Å². The summed E-state index contributed by atoms with van der Waals surface area (Å²) in [6, 6.07) is 34.5. The summed E-state index contributed by atoms with van der Waals surface area (Å²) >= 11 is 6.06. The quantitative estimate of drug-likeness (QED) is 0.160. The number of nitrogens with one attached hydrogen (secondary N) is 2. The number of carbonyl (C=O) groups excluding carboxylic acids is 1. The van der Waals surface area contributed by atoms with E-state index in [1.807, 2.05) is 36.4 Å². The summed E-state index contributed by atoms with van der Waals surface area (Å²) in [4.78, 5) is 15.4. The number of hydrogen-bond donors (Lipinski definition) is 3. The smallest absolute Gasteiger partial charge is 0.314 e. The SMILES string of the molecule is O=C(NCCc1ccc(F)cc1)NCC(CCCN1CCC(O)(c2ccc(Cl)cc2)CC1)(c1ccccc1)c1ccccc1. The first-order valence-electron chi connectivity index (χ1n) is 15.4. The second-order valence-corrected chi connectivity index (χ2v) is 12.2. The molecule has 1 aliphatic heterocycles. The largest absolute Gasteiger partial charge is 0.385 e. The molecule has 0 aromatic heterocycles. The lowest BCUT2D eigenvalue weighted by molar-refractivity contribution is -0.0262. The molecule has 1 saturated heterocycles. The molecule has 7 heteroatoms. The minimum atomic E-state index is -0.826. The highest BCUT2D eigenvalue weighted by Gasteiger charge is 2.36. The van der Waals surface area contributed by atoms with Crippen LogP contribution in [0.3, 0.4) is 0 Å². The van der Waals surface area contributed by atoms with Crippen molar-refractivity contribution in [3.63, 3.8) is 0 Å². The molecular formula is C37H41ClFN3O2. The van der Waals surface area contributed by atoms with Gasteiger partial charge in [-0.2, -0.15) is 0 Å². The van der Waals surface area contributed by atoms with Crippen LogP contribution in [0.15, 0.2) is 109 Å². The third-order valence-corrected chi connectivity index (χ3v) is 9.21. The molecule has 3 N–H and O–H groups in total. The van der Waals surface area contributed by atoms with Gasteiger partial charge in [0.1, 0.15) is 5.82 Å². The standard InChI is InChI=1S/C37H41ClFN3O2/c38-33-16-14-32(15-17-33)37(44)22-26-42(27-23-37)25-7-21-36(30-8-3-1-4-9-30,31-10-5-2-6-11-31)28-41-35(43)40-24-20-29-12-18-34(39)19-13-29/h1-6,8-19,44H,7,20-28H2,(H2,40,41,43). The van der Waals surface area contributed by atoms with Gasteiger partial charge >= 0.3 is 6.03 Å². The van der Waals surface area contributed by atoms with Crippen LogP contribution in [0.5, 0.6) is 0 Å². The van der Waals surface area contributed by atoms with Gasteiger partial charge in [-0.15, -0.1) is 0 Å². The number of rotatable bonds is 12. The molecule has 1 fully saturated rings. The zero-order chi connectivity index (χ0) is 30.8. The maximum atomic E-state index is 13.2. The van der Waals surface area contributed by atoms with Crippen molar-refractivity contribution < 1.29 is 14.3 Å². The van der Waals surface area contributed by atoms with Gasteiger partial charge in [0.2, 0.25) is 0 Å². The number of benzene rings is 4. The first-order chi connectivity index (χ1) is 21.4. The van der Waals surface area contributed by atoms with Gasteiger partial charge in [-0.25, -0.2) is 9.18 Å². The van der Waals surface area contributed by atoms with Gasteiger partial charge in [0, 0.05) is 36.6 Å². The molecule has 0 aliphatic carbocycles. The predicted octanol–water partition coefficient (Wildman–Crippen LogP) is 7.07. The summed E-state index contributed by atoms with van der Waals surface area (Å²) < 4.78 is 13.2.